The van der Waals surface area contributed by atoms with Crippen molar-refractivity contribution >= 4 is 23.6 Å². The standard InChI is InChI=1S/C15H25N5OS/c1-20(2)14(21)12-19-15(18-10-11-22-3)17-9-7-13-6-4-5-8-16-13/h4-6,8H,7,9-12H2,1-3H3,(H2,17,18,19). The highest BCUT2D eigenvalue weighted by molar-refractivity contribution is 7.98. The molecule has 2 N–H and O–H groups in total. The first-order valence-corrected chi connectivity index (χ1v) is 8.64. The van der Waals surface area contributed by atoms with Crippen molar-refractivity contribution in [3.05, 3.63) is 30.1 Å². The summed E-state index contributed by atoms with van der Waals surface area (Å²) in [4.78, 5) is 21.8. The number of pyridine rings is 1. The second-order valence-electron chi connectivity index (χ2n) is 4.87. The Labute approximate surface area is 136 Å². The molecule has 22 heavy (non-hydrogen) atoms. The number of carbonyl (C=O) groups is 1. The molecule has 1 aromatic rings. The van der Waals surface area contributed by atoms with E-state index in [1.54, 1.807) is 32.1 Å². The average Bonchev–Trinajstić information content (AvgIpc) is 2.52. The number of amides is 1. The van der Waals surface area contributed by atoms with E-state index in [1.165, 1.54) is 4.90 Å². The minimum absolute atomic E-state index is 0.0179. The van der Waals surface area contributed by atoms with Crippen LogP contribution in [-0.2, 0) is 11.2 Å². The number of hydrogen-bond acceptors (Lipinski definition) is 4. The van der Waals surface area contributed by atoms with E-state index >= 15 is 0 Å². The van der Waals surface area contributed by atoms with Gasteiger partial charge in [0.25, 0.3) is 0 Å². The molecule has 1 rings (SSSR count). The van der Waals surface area contributed by atoms with Gasteiger partial charge in [-0.15, -0.1) is 0 Å². The molecule has 0 aromatic carbocycles. The van der Waals surface area contributed by atoms with Crippen LogP contribution in [0.4, 0.5) is 0 Å². The van der Waals surface area contributed by atoms with Gasteiger partial charge in [0.2, 0.25) is 5.91 Å². The van der Waals surface area contributed by atoms with Crippen molar-refractivity contribution in [2.24, 2.45) is 4.99 Å². The highest BCUT2D eigenvalue weighted by Gasteiger charge is 2.04. The van der Waals surface area contributed by atoms with Gasteiger partial charge < -0.3 is 15.5 Å². The number of carbonyl (C=O) groups excluding carboxylic acids is 1. The minimum Gasteiger partial charge on any atom is -0.356 e. The first kappa shape index (κ1) is 18.3. The number of nitrogens with zero attached hydrogens (tertiary/aromatic N) is 3. The normalized spacial score (nSPS) is 11.1. The van der Waals surface area contributed by atoms with Gasteiger partial charge in [-0.2, -0.15) is 11.8 Å². The molecule has 0 unspecified atom stereocenters. The Kier molecular flexibility index (Phi) is 9.06. The predicted octanol–water partition coefficient (Wildman–Crippen LogP) is 0.611. The summed E-state index contributed by atoms with van der Waals surface area (Å²) in [6.45, 7) is 1.68. The number of hydrogen-bond donors (Lipinski definition) is 2. The quantitative estimate of drug-likeness (QED) is 0.417. The third-order valence-corrected chi connectivity index (χ3v) is 3.48. The number of aromatic nitrogens is 1. The molecule has 0 fully saturated rings. The molecule has 7 heteroatoms. The van der Waals surface area contributed by atoms with E-state index in [0.717, 1.165) is 31.0 Å². The van der Waals surface area contributed by atoms with Gasteiger partial charge in [-0.3, -0.25) is 9.78 Å². The Morgan fingerprint density at radius 3 is 2.73 bits per heavy atom. The average molecular weight is 323 g/mol. The fourth-order valence-corrected chi connectivity index (χ4v) is 1.90. The molecule has 0 aliphatic heterocycles. The Morgan fingerprint density at radius 1 is 1.32 bits per heavy atom. The lowest BCUT2D eigenvalue weighted by atomic mass is 10.3. The molecule has 0 bridgehead atoms. The number of thioether (sulfide) groups is 1. The van der Waals surface area contributed by atoms with Crippen LogP contribution in [0.3, 0.4) is 0 Å². The molecule has 122 valence electrons. The lowest BCUT2D eigenvalue weighted by molar-refractivity contribution is -0.127. The highest BCUT2D eigenvalue weighted by Crippen LogP contribution is 1.93. The van der Waals surface area contributed by atoms with Crippen molar-refractivity contribution < 1.29 is 4.79 Å². The second-order valence-corrected chi connectivity index (χ2v) is 5.86. The summed E-state index contributed by atoms with van der Waals surface area (Å²) in [7, 11) is 3.46. The van der Waals surface area contributed by atoms with Gasteiger partial charge in [0.1, 0.15) is 6.54 Å². The van der Waals surface area contributed by atoms with Crippen molar-refractivity contribution in [3.8, 4) is 0 Å². The molecule has 0 radical (unpaired) electrons. The zero-order chi connectivity index (χ0) is 16.2. The first-order chi connectivity index (χ1) is 10.6. The van der Waals surface area contributed by atoms with Crippen LogP contribution in [0.25, 0.3) is 0 Å². The molecule has 0 atom stereocenters. The van der Waals surface area contributed by atoms with Gasteiger partial charge in [0.05, 0.1) is 0 Å². The maximum atomic E-state index is 11.6. The van der Waals surface area contributed by atoms with Gasteiger partial charge in [0.15, 0.2) is 5.96 Å². The largest absolute Gasteiger partial charge is 0.356 e. The number of aliphatic imine (C=N–C) groups is 1. The fourth-order valence-electron chi connectivity index (χ4n) is 1.59. The van der Waals surface area contributed by atoms with Crippen LogP contribution in [0.15, 0.2) is 29.4 Å². The molecule has 0 aliphatic carbocycles. The summed E-state index contributed by atoms with van der Waals surface area (Å²) in [5, 5.41) is 6.47. The smallest absolute Gasteiger partial charge is 0.243 e. The van der Waals surface area contributed by atoms with Gasteiger partial charge >= 0.3 is 0 Å². The Morgan fingerprint density at radius 2 is 2.09 bits per heavy atom. The van der Waals surface area contributed by atoms with Gasteiger partial charge in [-0.25, -0.2) is 4.99 Å². The zero-order valence-electron chi connectivity index (χ0n) is 13.5. The molecule has 0 saturated carbocycles. The van der Waals surface area contributed by atoms with Crippen molar-refractivity contribution in [1.29, 1.82) is 0 Å². The van der Waals surface area contributed by atoms with E-state index in [-0.39, 0.29) is 12.5 Å². The van der Waals surface area contributed by atoms with Crippen LogP contribution < -0.4 is 10.6 Å². The predicted molar refractivity (Wildman–Crippen MR) is 93.3 cm³/mol. The Bertz CT molecular complexity index is 464. The Hall–Kier alpha value is -1.76. The van der Waals surface area contributed by atoms with E-state index in [2.05, 4.69) is 26.9 Å². The van der Waals surface area contributed by atoms with Crippen LogP contribution in [0.1, 0.15) is 5.69 Å². The second kappa shape index (κ2) is 10.9. The van der Waals surface area contributed by atoms with Crippen LogP contribution in [0, 0.1) is 0 Å². The van der Waals surface area contributed by atoms with Crippen molar-refractivity contribution in [1.82, 2.24) is 20.5 Å². The lowest BCUT2D eigenvalue weighted by Crippen LogP contribution is -2.40. The van der Waals surface area contributed by atoms with Crippen LogP contribution in [-0.4, -0.2) is 67.5 Å². The zero-order valence-corrected chi connectivity index (χ0v) is 14.3. The van der Waals surface area contributed by atoms with E-state index < -0.39 is 0 Å². The van der Waals surface area contributed by atoms with Crippen LogP contribution >= 0.6 is 11.8 Å². The van der Waals surface area contributed by atoms with Gasteiger partial charge in [0, 0.05) is 51.2 Å². The topological polar surface area (TPSA) is 69.6 Å². The van der Waals surface area contributed by atoms with E-state index in [1.807, 2.05) is 18.2 Å². The SMILES string of the molecule is CSCCNC(=NCC(=O)N(C)C)NCCc1ccccn1. The minimum atomic E-state index is -0.0179. The molecular formula is C15H25N5OS. The van der Waals surface area contributed by atoms with E-state index in [0.29, 0.717) is 5.96 Å². The summed E-state index contributed by atoms with van der Waals surface area (Å²) >= 11 is 1.76. The van der Waals surface area contributed by atoms with Gasteiger partial charge in [-0.1, -0.05) is 6.07 Å². The third kappa shape index (κ3) is 7.87. The summed E-state index contributed by atoms with van der Waals surface area (Å²) in [6, 6.07) is 5.87. The fraction of sp³-hybridized carbons (Fsp3) is 0.533. The van der Waals surface area contributed by atoms with Crippen LogP contribution in [0.5, 0.6) is 0 Å². The molecule has 1 aromatic heterocycles. The van der Waals surface area contributed by atoms with Crippen LogP contribution in [0.2, 0.25) is 0 Å². The summed E-state index contributed by atoms with van der Waals surface area (Å²) in [5.41, 5.74) is 1.03. The maximum absolute atomic E-state index is 11.6. The summed E-state index contributed by atoms with van der Waals surface area (Å²) in [6.07, 6.45) is 4.66. The monoisotopic (exact) mass is 323 g/mol. The molecular weight excluding hydrogens is 298 g/mol. The molecule has 1 heterocycles. The third-order valence-electron chi connectivity index (χ3n) is 2.87. The molecule has 0 saturated heterocycles. The number of guanidine groups is 1. The molecule has 0 spiro atoms. The molecule has 0 aliphatic rings. The van der Waals surface area contributed by atoms with E-state index in [9.17, 15) is 4.79 Å². The Balaban J connectivity index is 2.46. The van der Waals surface area contributed by atoms with Crippen molar-refractivity contribution in [2.75, 3.05) is 45.7 Å². The molecule has 6 nitrogen and oxygen atoms in total. The summed E-state index contributed by atoms with van der Waals surface area (Å²) in [5.74, 6) is 1.64. The highest BCUT2D eigenvalue weighted by atomic mass is 32.2. The molecule has 1 amide bonds. The number of nitrogens with one attached hydrogen (secondary N) is 2. The van der Waals surface area contributed by atoms with Crippen molar-refractivity contribution in [3.63, 3.8) is 0 Å². The van der Waals surface area contributed by atoms with Gasteiger partial charge in [-0.05, 0) is 18.4 Å². The summed E-state index contributed by atoms with van der Waals surface area (Å²) < 4.78 is 0. The van der Waals surface area contributed by atoms with E-state index in [4.69, 9.17) is 0 Å². The van der Waals surface area contributed by atoms with Crippen molar-refractivity contribution in [2.45, 2.75) is 6.42 Å². The number of rotatable bonds is 8. The lowest BCUT2D eigenvalue weighted by Gasteiger charge is -2.13. The first-order valence-electron chi connectivity index (χ1n) is 7.24. The number of likely N-dealkylation sites (N-methyl/N-ethyl adjacent to an activating group) is 1. The maximum Gasteiger partial charge on any atom is 0.243 e.